The van der Waals surface area contributed by atoms with Gasteiger partial charge in [0.2, 0.25) is 0 Å². The summed E-state index contributed by atoms with van der Waals surface area (Å²) in [5.74, 6) is 0. The lowest BCUT2D eigenvalue weighted by atomic mass is 10.2. The fraction of sp³-hybridized carbons (Fsp3) is 0.154. The van der Waals surface area contributed by atoms with Crippen molar-refractivity contribution in [3.05, 3.63) is 62.5 Å². The second-order valence-corrected chi connectivity index (χ2v) is 4.87. The maximum Gasteiger partial charge on any atom is 0.251 e. The highest BCUT2D eigenvalue weighted by Crippen LogP contribution is 2.14. The summed E-state index contributed by atoms with van der Waals surface area (Å²) >= 11 is 3.42. The molecule has 4 heteroatoms. The molecule has 0 atom stereocenters. The largest absolute Gasteiger partial charge is 0.399 e. The SMILES string of the molecule is Cc1cc(=O)n(Cc2cccc(N)c2)cc1Br. The van der Waals surface area contributed by atoms with Gasteiger partial charge in [-0.05, 0) is 46.1 Å². The Morgan fingerprint density at radius 2 is 2.12 bits per heavy atom. The highest BCUT2D eigenvalue weighted by Gasteiger charge is 2.02. The van der Waals surface area contributed by atoms with E-state index >= 15 is 0 Å². The topological polar surface area (TPSA) is 48.0 Å². The van der Waals surface area contributed by atoms with Crippen molar-refractivity contribution in [2.75, 3.05) is 5.73 Å². The second-order valence-electron chi connectivity index (χ2n) is 4.02. The highest BCUT2D eigenvalue weighted by molar-refractivity contribution is 9.10. The zero-order valence-electron chi connectivity index (χ0n) is 9.48. The van der Waals surface area contributed by atoms with Gasteiger partial charge < -0.3 is 10.3 Å². The molecule has 0 saturated carbocycles. The number of halogens is 1. The van der Waals surface area contributed by atoms with Crippen molar-refractivity contribution in [1.82, 2.24) is 4.57 Å². The Morgan fingerprint density at radius 1 is 1.35 bits per heavy atom. The maximum atomic E-state index is 11.8. The Hall–Kier alpha value is -1.55. The summed E-state index contributed by atoms with van der Waals surface area (Å²) < 4.78 is 2.59. The van der Waals surface area contributed by atoms with Crippen LogP contribution in [0.5, 0.6) is 0 Å². The minimum atomic E-state index is -0.00637. The predicted octanol–water partition coefficient (Wildman–Crippen LogP) is 2.55. The minimum absolute atomic E-state index is 0.00637. The summed E-state index contributed by atoms with van der Waals surface area (Å²) in [6.45, 7) is 2.43. The number of hydrogen-bond donors (Lipinski definition) is 1. The summed E-state index contributed by atoms with van der Waals surface area (Å²) in [5, 5.41) is 0. The first-order valence-corrected chi connectivity index (χ1v) is 6.06. The van der Waals surface area contributed by atoms with Crippen molar-refractivity contribution in [2.24, 2.45) is 0 Å². The van der Waals surface area contributed by atoms with Gasteiger partial charge in [0.25, 0.3) is 5.56 Å². The number of hydrogen-bond acceptors (Lipinski definition) is 2. The number of anilines is 1. The first kappa shape index (κ1) is 11.9. The van der Waals surface area contributed by atoms with Gasteiger partial charge in [0.1, 0.15) is 0 Å². The standard InChI is InChI=1S/C13H13BrN2O/c1-9-5-13(17)16(8-12(9)14)7-10-3-2-4-11(15)6-10/h2-6,8H,7,15H2,1H3. The first-order chi connectivity index (χ1) is 8.06. The van der Waals surface area contributed by atoms with Crippen LogP contribution in [0.1, 0.15) is 11.1 Å². The number of nitrogens with two attached hydrogens (primary N) is 1. The van der Waals surface area contributed by atoms with Crippen molar-refractivity contribution >= 4 is 21.6 Å². The number of aryl methyl sites for hydroxylation is 1. The third-order valence-electron chi connectivity index (χ3n) is 2.57. The summed E-state index contributed by atoms with van der Waals surface area (Å²) in [4.78, 5) is 11.8. The van der Waals surface area contributed by atoms with Gasteiger partial charge in [-0.25, -0.2) is 0 Å². The molecule has 2 N–H and O–H groups in total. The Kier molecular flexibility index (Phi) is 3.33. The second kappa shape index (κ2) is 4.75. The van der Waals surface area contributed by atoms with Crippen molar-refractivity contribution in [1.29, 1.82) is 0 Å². The smallest absolute Gasteiger partial charge is 0.251 e. The minimum Gasteiger partial charge on any atom is -0.399 e. The molecule has 1 aromatic carbocycles. The third-order valence-corrected chi connectivity index (χ3v) is 3.40. The molecule has 0 amide bonds. The van der Waals surface area contributed by atoms with E-state index in [-0.39, 0.29) is 5.56 Å². The number of pyridine rings is 1. The predicted molar refractivity (Wildman–Crippen MR) is 73.1 cm³/mol. The molecule has 3 nitrogen and oxygen atoms in total. The van der Waals surface area contributed by atoms with E-state index in [1.165, 1.54) is 0 Å². The molecule has 0 radical (unpaired) electrons. The van der Waals surface area contributed by atoms with Crippen LogP contribution in [0.15, 0.2) is 45.8 Å². The summed E-state index contributed by atoms with van der Waals surface area (Å²) in [7, 11) is 0. The van der Waals surface area contributed by atoms with Gasteiger partial charge in [-0.3, -0.25) is 4.79 Å². The Bertz CT molecular complexity index is 605. The number of nitrogens with zero attached hydrogens (tertiary/aromatic N) is 1. The molecule has 1 aromatic heterocycles. The van der Waals surface area contributed by atoms with E-state index in [4.69, 9.17) is 5.73 Å². The molecule has 0 bridgehead atoms. The molecule has 1 heterocycles. The van der Waals surface area contributed by atoms with Crippen molar-refractivity contribution in [3.8, 4) is 0 Å². The lowest BCUT2D eigenvalue weighted by Gasteiger charge is -2.08. The van der Waals surface area contributed by atoms with Crippen LogP contribution in [-0.4, -0.2) is 4.57 Å². The Morgan fingerprint density at radius 3 is 2.82 bits per heavy atom. The summed E-state index contributed by atoms with van der Waals surface area (Å²) in [5.41, 5.74) is 8.37. The molecule has 0 spiro atoms. The maximum absolute atomic E-state index is 11.8. The fourth-order valence-electron chi connectivity index (χ4n) is 1.65. The molecule has 2 aromatic rings. The molecule has 17 heavy (non-hydrogen) atoms. The van der Waals surface area contributed by atoms with Crippen LogP contribution in [0, 0.1) is 6.92 Å². The van der Waals surface area contributed by atoms with Gasteiger partial charge >= 0.3 is 0 Å². The quantitative estimate of drug-likeness (QED) is 0.865. The van der Waals surface area contributed by atoms with Crippen molar-refractivity contribution in [3.63, 3.8) is 0 Å². The van der Waals surface area contributed by atoms with Crippen LogP contribution < -0.4 is 11.3 Å². The van der Waals surface area contributed by atoms with Crippen LogP contribution in [0.3, 0.4) is 0 Å². The number of benzene rings is 1. The Labute approximate surface area is 108 Å². The van der Waals surface area contributed by atoms with Crippen molar-refractivity contribution in [2.45, 2.75) is 13.5 Å². The molecule has 2 rings (SSSR count). The summed E-state index contributed by atoms with van der Waals surface area (Å²) in [6.07, 6.45) is 1.81. The Balaban J connectivity index is 2.37. The van der Waals surface area contributed by atoms with E-state index in [0.29, 0.717) is 12.2 Å². The average Bonchev–Trinajstić information content (AvgIpc) is 2.26. The van der Waals surface area contributed by atoms with Gasteiger partial charge in [-0.2, -0.15) is 0 Å². The van der Waals surface area contributed by atoms with Gasteiger partial charge in [0, 0.05) is 22.4 Å². The first-order valence-electron chi connectivity index (χ1n) is 5.27. The molecular weight excluding hydrogens is 280 g/mol. The van der Waals surface area contributed by atoms with E-state index in [9.17, 15) is 4.79 Å². The molecule has 0 unspecified atom stereocenters. The zero-order chi connectivity index (χ0) is 12.4. The van der Waals surface area contributed by atoms with Crippen LogP contribution >= 0.6 is 15.9 Å². The van der Waals surface area contributed by atoms with E-state index in [2.05, 4.69) is 15.9 Å². The van der Waals surface area contributed by atoms with Gasteiger partial charge in [0.05, 0.1) is 6.54 Å². The van der Waals surface area contributed by atoms with E-state index in [0.717, 1.165) is 15.6 Å². The lowest BCUT2D eigenvalue weighted by Crippen LogP contribution is -2.19. The van der Waals surface area contributed by atoms with Gasteiger partial charge in [-0.1, -0.05) is 12.1 Å². The summed E-state index contributed by atoms with van der Waals surface area (Å²) in [6, 6.07) is 9.17. The number of rotatable bonds is 2. The van der Waals surface area contributed by atoms with E-state index in [1.807, 2.05) is 31.2 Å². The number of aromatic nitrogens is 1. The molecule has 0 aliphatic rings. The van der Waals surface area contributed by atoms with Gasteiger partial charge in [0.15, 0.2) is 0 Å². The molecule has 0 aliphatic heterocycles. The zero-order valence-corrected chi connectivity index (χ0v) is 11.1. The van der Waals surface area contributed by atoms with Crippen molar-refractivity contribution < 1.29 is 0 Å². The molecular formula is C13H13BrN2O. The van der Waals surface area contributed by atoms with Gasteiger partial charge in [-0.15, -0.1) is 0 Å². The molecule has 0 aliphatic carbocycles. The molecule has 0 fully saturated rings. The average molecular weight is 293 g/mol. The molecule has 0 saturated heterocycles. The van der Waals surface area contributed by atoms with E-state index < -0.39 is 0 Å². The monoisotopic (exact) mass is 292 g/mol. The third kappa shape index (κ3) is 2.77. The highest BCUT2D eigenvalue weighted by atomic mass is 79.9. The molecule has 88 valence electrons. The van der Waals surface area contributed by atoms with Crippen LogP contribution in [0.25, 0.3) is 0 Å². The van der Waals surface area contributed by atoms with Crippen LogP contribution in [0.2, 0.25) is 0 Å². The van der Waals surface area contributed by atoms with Crippen LogP contribution in [-0.2, 0) is 6.54 Å². The van der Waals surface area contributed by atoms with E-state index in [1.54, 1.807) is 16.8 Å². The van der Waals surface area contributed by atoms with Crippen LogP contribution in [0.4, 0.5) is 5.69 Å². The fourth-order valence-corrected chi connectivity index (χ4v) is 2.01. The normalized spacial score (nSPS) is 10.5. The number of nitrogen functional groups attached to an aromatic ring is 1. The lowest BCUT2D eigenvalue weighted by molar-refractivity contribution is 0.754.